The number of hydrogen-bond acceptors (Lipinski definition) is 3. The summed E-state index contributed by atoms with van der Waals surface area (Å²) >= 11 is 3.50. The number of likely N-dealkylation sites (tertiary alicyclic amines) is 1. The van der Waals surface area contributed by atoms with Gasteiger partial charge >= 0.3 is 5.97 Å². The molecular weight excluding hydrogens is 406 g/mol. The molecule has 1 aliphatic heterocycles. The number of methoxy groups -OCH3 is 1. The Morgan fingerprint density at radius 3 is 2.15 bits per heavy atom. The smallest absolute Gasteiger partial charge is 0.311 e. The van der Waals surface area contributed by atoms with Gasteiger partial charge in [-0.25, -0.2) is 0 Å². The monoisotopic (exact) mass is 431 g/mol. The number of esters is 1. The fourth-order valence-corrected chi connectivity index (χ4v) is 7.32. The molecule has 5 heteroatoms. The van der Waals surface area contributed by atoms with Crippen LogP contribution < -0.4 is 0 Å². The van der Waals surface area contributed by atoms with Crippen LogP contribution in [0.5, 0.6) is 0 Å². The van der Waals surface area contributed by atoms with Crippen LogP contribution in [-0.2, 0) is 14.3 Å². The number of halogens is 1. The maximum Gasteiger partial charge on any atom is 0.311 e. The van der Waals surface area contributed by atoms with Gasteiger partial charge in [-0.2, -0.15) is 0 Å². The highest BCUT2D eigenvalue weighted by Crippen LogP contribution is 2.61. The van der Waals surface area contributed by atoms with Crippen molar-refractivity contribution in [2.24, 2.45) is 23.7 Å². The third-order valence-electron chi connectivity index (χ3n) is 7.55. The van der Waals surface area contributed by atoms with Crippen molar-refractivity contribution in [3.05, 3.63) is 34.3 Å². The fraction of sp³-hybridized carbons (Fsp3) is 0.636. The first kappa shape index (κ1) is 17.7. The zero-order valence-corrected chi connectivity index (χ0v) is 17.3. The Morgan fingerprint density at radius 1 is 1.07 bits per heavy atom. The third kappa shape index (κ3) is 2.76. The Bertz CT molecular complexity index is 739. The number of ether oxygens (including phenoxy) is 1. The maximum absolute atomic E-state index is 13.3. The van der Waals surface area contributed by atoms with E-state index in [-0.39, 0.29) is 29.9 Å². The van der Waals surface area contributed by atoms with Gasteiger partial charge in [-0.1, -0.05) is 28.1 Å². The summed E-state index contributed by atoms with van der Waals surface area (Å²) in [4.78, 5) is 28.0. The van der Waals surface area contributed by atoms with Crippen molar-refractivity contribution in [3.63, 3.8) is 0 Å². The number of amides is 1. The van der Waals surface area contributed by atoms with E-state index in [0.717, 1.165) is 47.1 Å². The molecule has 1 amide bonds. The predicted molar refractivity (Wildman–Crippen MR) is 105 cm³/mol. The molecule has 6 rings (SSSR count). The average Bonchev–Trinajstić information content (AvgIpc) is 2.98. The Hall–Kier alpha value is -1.36. The number of hydrogen-bond donors (Lipinski definition) is 0. The lowest BCUT2D eigenvalue weighted by molar-refractivity contribution is -0.152. The molecule has 4 aliphatic carbocycles. The minimum atomic E-state index is -0.406. The van der Waals surface area contributed by atoms with Gasteiger partial charge < -0.3 is 9.64 Å². The summed E-state index contributed by atoms with van der Waals surface area (Å²) in [5, 5.41) is 0. The molecule has 0 radical (unpaired) electrons. The molecule has 0 spiro atoms. The molecule has 1 aromatic carbocycles. The van der Waals surface area contributed by atoms with Crippen LogP contribution >= 0.6 is 15.9 Å². The van der Waals surface area contributed by atoms with Gasteiger partial charge in [-0.05, 0) is 74.0 Å². The van der Waals surface area contributed by atoms with Crippen LogP contribution in [-0.4, -0.2) is 29.4 Å². The van der Waals surface area contributed by atoms with E-state index >= 15 is 0 Å². The van der Waals surface area contributed by atoms with Crippen molar-refractivity contribution in [3.8, 4) is 0 Å². The van der Waals surface area contributed by atoms with E-state index in [2.05, 4.69) is 33.0 Å². The quantitative estimate of drug-likeness (QED) is 0.662. The minimum Gasteiger partial charge on any atom is -0.469 e. The molecule has 4 saturated carbocycles. The first-order valence-electron chi connectivity index (χ1n) is 10.1. The van der Waals surface area contributed by atoms with Gasteiger partial charge in [-0.3, -0.25) is 9.59 Å². The highest BCUT2D eigenvalue weighted by atomic mass is 79.9. The van der Waals surface area contributed by atoms with Crippen molar-refractivity contribution in [2.45, 2.75) is 56.5 Å². The van der Waals surface area contributed by atoms with Crippen LogP contribution in [0.25, 0.3) is 0 Å². The number of benzene rings is 1. The summed E-state index contributed by atoms with van der Waals surface area (Å²) in [6, 6.07) is 7.91. The molecule has 0 aromatic heterocycles. The standard InChI is InChI=1S/C22H26BrNO3/c1-27-21(26)18-9-19(25)24(20(18)16-2-4-17(23)5-3-16)22-10-13-6-14(11-22)8-15(7-13)12-22/h2-5,13-15,18,20H,6-12H2,1H3/t13?,14?,15?,18-,20-,22?/m0/s1. The Balaban J connectivity index is 1.57. The highest BCUT2D eigenvalue weighted by molar-refractivity contribution is 9.10. The molecule has 5 fully saturated rings. The summed E-state index contributed by atoms with van der Waals surface area (Å²) in [5.41, 5.74) is 1.00. The van der Waals surface area contributed by atoms with E-state index in [1.807, 2.05) is 12.1 Å². The highest BCUT2D eigenvalue weighted by Gasteiger charge is 2.60. The first-order valence-corrected chi connectivity index (χ1v) is 10.9. The lowest BCUT2D eigenvalue weighted by Gasteiger charge is -2.61. The Labute approximate surface area is 168 Å². The van der Waals surface area contributed by atoms with Crippen molar-refractivity contribution in [1.82, 2.24) is 4.90 Å². The van der Waals surface area contributed by atoms with E-state index in [1.54, 1.807) is 0 Å². The average molecular weight is 432 g/mol. The van der Waals surface area contributed by atoms with Crippen LogP contribution in [0.3, 0.4) is 0 Å². The second-order valence-corrected chi connectivity index (χ2v) is 10.2. The molecule has 0 unspecified atom stereocenters. The molecule has 1 saturated heterocycles. The summed E-state index contributed by atoms with van der Waals surface area (Å²) in [5.74, 6) is 1.74. The lowest BCUT2D eigenvalue weighted by Crippen LogP contribution is -2.61. The predicted octanol–water partition coefficient (Wildman–Crippen LogP) is 4.48. The normalized spacial score (nSPS) is 39.9. The third-order valence-corrected chi connectivity index (χ3v) is 8.08. The van der Waals surface area contributed by atoms with Gasteiger partial charge in [0.15, 0.2) is 0 Å². The summed E-state index contributed by atoms with van der Waals surface area (Å²) in [6.07, 6.45) is 7.64. The van der Waals surface area contributed by atoms with Crippen molar-refractivity contribution >= 4 is 27.8 Å². The van der Waals surface area contributed by atoms with Crippen LogP contribution in [0.2, 0.25) is 0 Å². The SMILES string of the molecule is COC(=O)[C@H]1CC(=O)N(C23CC4CC(CC(C4)C2)C3)[C@H]1c1ccc(Br)cc1. The summed E-state index contributed by atoms with van der Waals surface area (Å²) in [6.45, 7) is 0. The fourth-order valence-electron chi connectivity index (χ4n) is 7.06. The molecule has 27 heavy (non-hydrogen) atoms. The number of carbonyl (C=O) groups excluding carboxylic acids is 2. The van der Waals surface area contributed by atoms with Crippen molar-refractivity contribution < 1.29 is 14.3 Å². The maximum atomic E-state index is 13.3. The minimum absolute atomic E-state index is 0.0493. The second kappa shape index (κ2) is 6.33. The van der Waals surface area contributed by atoms with Gasteiger partial charge in [0.1, 0.15) is 0 Å². The molecule has 5 aliphatic rings. The summed E-state index contributed by atoms with van der Waals surface area (Å²) in [7, 11) is 1.43. The molecule has 2 atom stereocenters. The topological polar surface area (TPSA) is 46.6 Å². The lowest BCUT2D eigenvalue weighted by atomic mass is 9.52. The molecule has 0 N–H and O–H groups in total. The van der Waals surface area contributed by atoms with Gasteiger partial charge in [0.2, 0.25) is 5.91 Å². The molecule has 1 heterocycles. The van der Waals surface area contributed by atoms with E-state index in [4.69, 9.17) is 4.74 Å². The van der Waals surface area contributed by atoms with Crippen molar-refractivity contribution in [2.75, 3.05) is 7.11 Å². The van der Waals surface area contributed by atoms with Crippen molar-refractivity contribution in [1.29, 1.82) is 0 Å². The molecule has 4 bridgehead atoms. The van der Waals surface area contributed by atoms with Gasteiger partial charge in [0.25, 0.3) is 0 Å². The summed E-state index contributed by atoms with van der Waals surface area (Å²) < 4.78 is 6.10. The number of rotatable bonds is 3. The second-order valence-electron chi connectivity index (χ2n) is 9.24. The van der Waals surface area contributed by atoms with Crippen LogP contribution in [0.4, 0.5) is 0 Å². The van der Waals surface area contributed by atoms with Crippen LogP contribution in [0.1, 0.15) is 56.6 Å². The number of nitrogens with zero attached hydrogens (tertiary/aromatic N) is 1. The Kier molecular flexibility index (Phi) is 4.15. The van der Waals surface area contributed by atoms with E-state index in [0.29, 0.717) is 0 Å². The first-order chi connectivity index (χ1) is 13.0. The van der Waals surface area contributed by atoms with E-state index < -0.39 is 5.92 Å². The number of carbonyl (C=O) groups is 2. The van der Waals surface area contributed by atoms with Crippen LogP contribution in [0, 0.1) is 23.7 Å². The van der Waals surface area contributed by atoms with E-state index in [1.165, 1.54) is 26.4 Å². The van der Waals surface area contributed by atoms with Crippen LogP contribution in [0.15, 0.2) is 28.7 Å². The van der Waals surface area contributed by atoms with E-state index in [9.17, 15) is 9.59 Å². The molecular formula is C22H26BrNO3. The largest absolute Gasteiger partial charge is 0.469 e. The molecule has 144 valence electrons. The van der Waals surface area contributed by atoms with Gasteiger partial charge in [0, 0.05) is 16.4 Å². The van der Waals surface area contributed by atoms with Gasteiger partial charge in [0.05, 0.1) is 19.1 Å². The van der Waals surface area contributed by atoms with Gasteiger partial charge in [-0.15, -0.1) is 0 Å². The zero-order chi connectivity index (χ0) is 18.8. The molecule has 1 aromatic rings. The zero-order valence-electron chi connectivity index (χ0n) is 15.7. The molecule has 4 nitrogen and oxygen atoms in total. The Morgan fingerprint density at radius 2 is 1.63 bits per heavy atom.